The van der Waals surface area contributed by atoms with Gasteiger partial charge in [0.1, 0.15) is 24.1 Å². The molecule has 3 spiro atoms. The fourth-order valence-electron chi connectivity index (χ4n) is 18.4. The fraction of sp³-hybridized carbons (Fsp3) is 0.741. The van der Waals surface area contributed by atoms with Crippen molar-refractivity contribution in [3.05, 3.63) is 59.5 Å². The number of Topliss-reactive ketones (excluding diaryl/α,β-unsaturated/α-hetero) is 1. The Morgan fingerprint density at radius 1 is 0.972 bits per heavy atom. The second kappa shape index (κ2) is 17.5. The van der Waals surface area contributed by atoms with Crippen LogP contribution in [0.15, 0.2) is 47.1 Å². The van der Waals surface area contributed by atoms with Gasteiger partial charge in [0.15, 0.2) is 17.5 Å². The molecular formula is C58H76N2O11. The van der Waals surface area contributed by atoms with Crippen LogP contribution >= 0.6 is 0 Å². The molecule has 6 heterocycles. The molecule has 71 heavy (non-hydrogen) atoms. The Morgan fingerprint density at radius 2 is 1.77 bits per heavy atom. The maximum atomic E-state index is 16.3. The van der Waals surface area contributed by atoms with Crippen LogP contribution in [0.4, 0.5) is 0 Å². The normalized spacial score (nSPS) is 46.0. The molecule has 17 atom stereocenters. The van der Waals surface area contributed by atoms with E-state index in [9.17, 15) is 20.1 Å². The van der Waals surface area contributed by atoms with Crippen LogP contribution in [0.25, 0.3) is 0 Å². The molecule has 10 aliphatic rings. The van der Waals surface area contributed by atoms with E-state index in [0.717, 1.165) is 64.6 Å². The van der Waals surface area contributed by atoms with Crippen molar-refractivity contribution >= 4 is 17.7 Å². The van der Waals surface area contributed by atoms with Crippen molar-refractivity contribution in [1.29, 1.82) is 0 Å². The number of esters is 2. The van der Waals surface area contributed by atoms with Gasteiger partial charge in [-0.25, -0.2) is 4.79 Å². The van der Waals surface area contributed by atoms with Crippen molar-refractivity contribution in [3.63, 3.8) is 0 Å². The largest absolute Gasteiger partial charge is 0.469 e. The molecule has 0 amide bonds. The molecule has 0 unspecified atom stereocenters. The van der Waals surface area contributed by atoms with Gasteiger partial charge in [-0.2, -0.15) is 0 Å². The Morgan fingerprint density at radius 3 is 2.52 bits per heavy atom. The predicted octanol–water partition coefficient (Wildman–Crippen LogP) is 6.18. The summed E-state index contributed by atoms with van der Waals surface area (Å²) in [6.07, 6.45) is 7.26. The topological polar surface area (TPSA) is 189 Å². The molecule has 9 fully saturated rings. The number of ether oxygens (including phenoxy) is 4. The molecule has 1 aromatic heterocycles. The maximum Gasteiger partial charge on any atom is 0.339 e. The second-order valence-electron chi connectivity index (χ2n) is 25.0. The summed E-state index contributed by atoms with van der Waals surface area (Å²) in [6, 6.07) is 12.8. The Hall–Kier alpha value is -3.61. The van der Waals surface area contributed by atoms with Crippen molar-refractivity contribution < 1.29 is 53.1 Å². The van der Waals surface area contributed by atoms with E-state index in [-0.39, 0.29) is 67.4 Å². The number of aliphatic hydroxyl groups is 3. The number of fused-ring (bicyclic) bond motifs is 1. The van der Waals surface area contributed by atoms with Gasteiger partial charge in [-0.15, -0.1) is 0 Å². The molecule has 4 saturated carbocycles. The van der Waals surface area contributed by atoms with Crippen molar-refractivity contribution in [2.24, 2.45) is 69.5 Å². The molecule has 5 aliphatic heterocycles. The van der Waals surface area contributed by atoms with Crippen LogP contribution in [0.3, 0.4) is 0 Å². The molecule has 5 saturated heterocycles. The lowest BCUT2D eigenvalue weighted by Gasteiger charge is -2.71. The summed E-state index contributed by atoms with van der Waals surface area (Å²) in [5, 5.41) is 43.2. The van der Waals surface area contributed by atoms with Gasteiger partial charge >= 0.3 is 11.9 Å². The zero-order valence-corrected chi connectivity index (χ0v) is 42.2. The summed E-state index contributed by atoms with van der Waals surface area (Å²) in [7, 11) is 0. The Bertz CT molecular complexity index is 2450. The number of benzene rings is 1. The number of nitrogens with one attached hydrogen (secondary N) is 2. The van der Waals surface area contributed by atoms with Gasteiger partial charge in [0.25, 0.3) is 0 Å². The zero-order valence-electron chi connectivity index (χ0n) is 42.2. The van der Waals surface area contributed by atoms with Crippen LogP contribution < -0.4 is 10.6 Å². The van der Waals surface area contributed by atoms with E-state index in [1.165, 1.54) is 5.56 Å². The average Bonchev–Trinajstić information content (AvgIpc) is 3.63. The Labute approximate surface area is 418 Å². The van der Waals surface area contributed by atoms with Gasteiger partial charge in [-0.05, 0) is 137 Å². The van der Waals surface area contributed by atoms with Crippen molar-refractivity contribution in [2.45, 2.75) is 171 Å². The van der Waals surface area contributed by atoms with E-state index in [1.54, 1.807) is 6.26 Å². The van der Waals surface area contributed by atoms with Crippen molar-refractivity contribution in [1.82, 2.24) is 10.6 Å². The van der Waals surface area contributed by atoms with Gasteiger partial charge in [0.05, 0.1) is 49.4 Å². The highest BCUT2D eigenvalue weighted by molar-refractivity contribution is 5.92. The molecular weight excluding hydrogens is 901 g/mol. The van der Waals surface area contributed by atoms with E-state index in [2.05, 4.69) is 67.5 Å². The highest BCUT2D eigenvalue weighted by Gasteiger charge is 2.95. The average molecular weight is 977 g/mol. The smallest absolute Gasteiger partial charge is 0.339 e. The minimum Gasteiger partial charge on any atom is -0.469 e. The van der Waals surface area contributed by atoms with Crippen molar-refractivity contribution in [2.75, 3.05) is 26.4 Å². The maximum absolute atomic E-state index is 16.3. The summed E-state index contributed by atoms with van der Waals surface area (Å²) in [6.45, 7) is 9.86. The van der Waals surface area contributed by atoms with Gasteiger partial charge in [0, 0.05) is 53.4 Å². The lowest BCUT2D eigenvalue weighted by Crippen LogP contribution is -2.81. The van der Waals surface area contributed by atoms with Crippen LogP contribution in [0, 0.1) is 81.3 Å². The lowest BCUT2D eigenvalue weighted by atomic mass is 9.31. The summed E-state index contributed by atoms with van der Waals surface area (Å²) in [4.78, 5) is 45.1. The molecule has 13 heteroatoms. The van der Waals surface area contributed by atoms with Crippen LogP contribution in [0.2, 0.25) is 0 Å². The third kappa shape index (κ3) is 6.79. The van der Waals surface area contributed by atoms with Crippen LogP contribution in [-0.4, -0.2) is 101 Å². The van der Waals surface area contributed by atoms with Crippen LogP contribution in [0.5, 0.6) is 0 Å². The number of aliphatic hydroxyl groups excluding tert-OH is 3. The first kappa shape index (κ1) is 48.3. The monoisotopic (exact) mass is 977 g/mol. The standard InChI is InChI=1S/C58H76N2O11/c1-33(2)18-22-53(3)49-48(64)50(65)57-41-26-35(25-34-9-6-5-7-10-34)12-13-37(41)11-8-21-56(40-20-24-67-44(40)27-39(43(62)30-61)36-14-16-38(17-15-36)42-29-59-32-60-42)54(4,58(57)51(70-58)52(66)71-56)23-19-45(57)55(49)31-68-47(63)28-46(55)69-53/h5-7,9-10,20,24,33,35-39,41-43,45-46,49-51,59-62,65H,12-19,21-23,25-32H2,1-4H3/t35-,36?,37-,38?,39+,41+,42-,43-,45-,46+,49-,50-,51-,53+,54+,55+,56+,57+,58-/m1/s1. The second-order valence-corrected chi connectivity index (χ2v) is 25.0. The summed E-state index contributed by atoms with van der Waals surface area (Å²) in [5.74, 6) is 5.87. The Kier molecular flexibility index (Phi) is 11.9. The number of cyclic esters (lactones) is 1. The molecule has 12 rings (SSSR count). The quantitative estimate of drug-likeness (QED) is 0.0923. The highest BCUT2D eigenvalue weighted by Crippen LogP contribution is 2.84. The highest BCUT2D eigenvalue weighted by atomic mass is 16.7. The lowest BCUT2D eigenvalue weighted by molar-refractivity contribution is -0.295. The summed E-state index contributed by atoms with van der Waals surface area (Å²) >= 11 is 0. The SMILES string of the molecule is CC(C)CC[C@]1(C)O[C@H]2CC(=O)OC[C@]23[C@H]2CC[C@]4(C)[C@]56O[C@@H]5C(=O)O[C@]4(c4ccoc4C[C@@H](C4CCC([C@H]5CNCN5)CC4)[C@H](O)CO)CC#C[C@@H]4CC[C@H](Cc5ccccc5)C[C@@H]4[C@@]26[C@H](O)C(=O)[C@@H]31. The van der Waals surface area contributed by atoms with Gasteiger partial charge in [-0.1, -0.05) is 62.9 Å². The fourth-order valence-corrected chi connectivity index (χ4v) is 18.4. The van der Waals surface area contributed by atoms with E-state index in [4.69, 9.17) is 23.4 Å². The Balaban J connectivity index is 1.01. The van der Waals surface area contributed by atoms with E-state index in [1.807, 2.05) is 19.1 Å². The summed E-state index contributed by atoms with van der Waals surface area (Å²) < 4.78 is 34.3. The number of furan rings is 1. The molecule has 384 valence electrons. The number of rotatable bonds is 12. The predicted molar refractivity (Wildman–Crippen MR) is 260 cm³/mol. The van der Waals surface area contributed by atoms with Crippen molar-refractivity contribution in [3.8, 4) is 11.8 Å². The van der Waals surface area contributed by atoms with Crippen LogP contribution in [0.1, 0.15) is 128 Å². The zero-order chi connectivity index (χ0) is 49.3. The number of carbonyl (C=O) groups excluding carboxylic acids is 3. The third-order valence-corrected chi connectivity index (χ3v) is 21.5. The molecule has 2 aromatic rings. The molecule has 0 radical (unpaired) electrons. The molecule has 4 bridgehead atoms. The van der Waals surface area contributed by atoms with Crippen LogP contribution in [-0.2, 0) is 51.8 Å². The van der Waals surface area contributed by atoms with E-state index < -0.39 is 75.3 Å². The van der Waals surface area contributed by atoms with Gasteiger partial charge in [-0.3, -0.25) is 9.59 Å². The van der Waals surface area contributed by atoms with E-state index in [0.29, 0.717) is 61.3 Å². The number of carbonyl (C=O) groups is 3. The summed E-state index contributed by atoms with van der Waals surface area (Å²) in [5.41, 5.74) is -5.33. The number of hydrogen-bond donors (Lipinski definition) is 5. The minimum absolute atomic E-state index is 0.00432. The minimum atomic E-state index is -1.55. The molecule has 13 nitrogen and oxygen atoms in total. The van der Waals surface area contributed by atoms with Gasteiger partial charge in [0.2, 0.25) is 0 Å². The molecule has 5 aliphatic carbocycles. The van der Waals surface area contributed by atoms with Gasteiger partial charge < -0.3 is 49.3 Å². The molecule has 5 N–H and O–H groups in total. The third-order valence-electron chi connectivity index (χ3n) is 21.5. The first-order chi connectivity index (χ1) is 34.2. The number of ketones is 1. The number of hydrogen-bond acceptors (Lipinski definition) is 13. The first-order valence-electron chi connectivity index (χ1n) is 27.5. The number of epoxide rings is 1. The first-order valence-corrected chi connectivity index (χ1v) is 27.5. The molecule has 1 aromatic carbocycles. The van der Waals surface area contributed by atoms with E-state index >= 15 is 9.59 Å².